The molecular formula is C59H42N2O. The van der Waals surface area contributed by atoms with E-state index in [4.69, 9.17) is 4.42 Å². The summed E-state index contributed by atoms with van der Waals surface area (Å²) in [4.78, 5) is 4.91. The van der Waals surface area contributed by atoms with Gasteiger partial charge in [-0.25, -0.2) is 0 Å². The molecule has 3 heteroatoms. The first-order valence-electron chi connectivity index (χ1n) is 21.4. The normalized spacial score (nSPS) is 13.1. The molecule has 62 heavy (non-hydrogen) atoms. The molecule has 12 rings (SSSR count). The van der Waals surface area contributed by atoms with Crippen LogP contribution in [-0.4, -0.2) is 0 Å². The Morgan fingerprint density at radius 3 is 1.87 bits per heavy atom. The van der Waals surface area contributed by atoms with Gasteiger partial charge in [0, 0.05) is 38.5 Å². The van der Waals surface area contributed by atoms with E-state index in [1.807, 2.05) is 6.07 Å². The van der Waals surface area contributed by atoms with Gasteiger partial charge in [-0.05, 0) is 92.5 Å². The summed E-state index contributed by atoms with van der Waals surface area (Å²) in [6, 6.07) is 79.2. The van der Waals surface area contributed by atoms with E-state index in [9.17, 15) is 0 Å². The first-order valence-corrected chi connectivity index (χ1v) is 21.4. The maximum absolute atomic E-state index is 6.75. The van der Waals surface area contributed by atoms with Crippen molar-refractivity contribution in [1.29, 1.82) is 0 Å². The zero-order chi connectivity index (χ0) is 41.4. The molecule has 0 bridgehead atoms. The summed E-state index contributed by atoms with van der Waals surface area (Å²) >= 11 is 0. The molecule has 294 valence electrons. The van der Waals surface area contributed by atoms with E-state index in [0.29, 0.717) is 0 Å². The van der Waals surface area contributed by atoms with Crippen molar-refractivity contribution in [3.05, 3.63) is 230 Å². The minimum atomic E-state index is -0.336. The molecule has 3 nitrogen and oxygen atoms in total. The highest BCUT2D eigenvalue weighted by Gasteiger charge is 2.39. The van der Waals surface area contributed by atoms with Crippen LogP contribution in [0.1, 0.15) is 25.0 Å². The third-order valence-electron chi connectivity index (χ3n) is 13.0. The molecule has 1 aromatic heterocycles. The lowest BCUT2D eigenvalue weighted by Gasteiger charge is -2.43. The predicted octanol–water partition coefficient (Wildman–Crippen LogP) is 16.8. The van der Waals surface area contributed by atoms with Gasteiger partial charge in [0.1, 0.15) is 5.58 Å². The van der Waals surface area contributed by atoms with E-state index in [0.717, 1.165) is 44.7 Å². The van der Waals surface area contributed by atoms with Crippen molar-refractivity contribution in [2.75, 3.05) is 9.80 Å². The fourth-order valence-electron chi connectivity index (χ4n) is 10.0. The standard InChI is InChI=1S/C59H42N2O/c1-59(2)51-26-11-12-27-53(51)61(57-46-22-9-7-19-42(46)32-36-49(57)47-24-14-20-41-18-6-8-21-45(41)47)54-37-35-44(38-52(54)59)60(43-33-30-40(31-34-43)39-16-4-3-5-17-39)55-28-15-25-50-48-23-10-13-29-56(48)62-58(50)55/h3-38H,1-2H3. The number of fused-ring (bicyclic) bond motifs is 7. The number of para-hydroxylation sites is 3. The molecule has 0 fully saturated rings. The van der Waals surface area contributed by atoms with E-state index in [1.54, 1.807) is 0 Å². The SMILES string of the molecule is CC1(C)c2ccccc2N(c2c(-c3cccc4ccccc34)ccc3ccccc23)c2ccc(N(c3ccc(-c4ccccc4)cc3)c3cccc4c3oc3ccccc34)cc21. The Balaban J connectivity index is 1.11. The zero-order valence-electron chi connectivity index (χ0n) is 34.6. The van der Waals surface area contributed by atoms with Crippen LogP contribution in [0.15, 0.2) is 223 Å². The van der Waals surface area contributed by atoms with Gasteiger partial charge in [-0.1, -0.05) is 184 Å². The second kappa shape index (κ2) is 14.1. The second-order valence-electron chi connectivity index (χ2n) is 16.9. The Kier molecular flexibility index (Phi) is 8.20. The van der Waals surface area contributed by atoms with Gasteiger partial charge in [0.05, 0.1) is 22.7 Å². The van der Waals surface area contributed by atoms with E-state index < -0.39 is 0 Å². The molecule has 1 aliphatic rings. The number of benzene rings is 10. The number of hydrogen-bond donors (Lipinski definition) is 0. The lowest BCUT2D eigenvalue weighted by Crippen LogP contribution is -2.31. The summed E-state index contributed by atoms with van der Waals surface area (Å²) in [6.45, 7) is 4.75. The van der Waals surface area contributed by atoms with Crippen LogP contribution in [0.5, 0.6) is 0 Å². The Labute approximate surface area is 361 Å². The molecule has 0 spiro atoms. The van der Waals surface area contributed by atoms with E-state index in [1.165, 1.54) is 66.3 Å². The van der Waals surface area contributed by atoms with Gasteiger partial charge in [-0.2, -0.15) is 0 Å². The quantitative estimate of drug-likeness (QED) is 0.167. The maximum Gasteiger partial charge on any atom is 0.159 e. The highest BCUT2D eigenvalue weighted by Crippen LogP contribution is 2.56. The minimum Gasteiger partial charge on any atom is -0.454 e. The first-order chi connectivity index (χ1) is 30.5. The number of hydrogen-bond acceptors (Lipinski definition) is 3. The van der Waals surface area contributed by atoms with Gasteiger partial charge in [-0.15, -0.1) is 0 Å². The summed E-state index contributed by atoms with van der Waals surface area (Å²) < 4.78 is 6.75. The average molecular weight is 795 g/mol. The van der Waals surface area contributed by atoms with Crippen LogP contribution in [0, 0.1) is 0 Å². The first kappa shape index (κ1) is 36.0. The zero-order valence-corrected chi connectivity index (χ0v) is 34.6. The summed E-state index contributed by atoms with van der Waals surface area (Å²) in [5.74, 6) is 0. The lowest BCUT2D eigenvalue weighted by molar-refractivity contribution is 0.632. The monoisotopic (exact) mass is 794 g/mol. The van der Waals surface area contributed by atoms with Crippen molar-refractivity contribution in [2.45, 2.75) is 19.3 Å². The Hall–Kier alpha value is -7.88. The van der Waals surface area contributed by atoms with Gasteiger partial charge in [0.15, 0.2) is 5.58 Å². The number of nitrogens with zero attached hydrogens (tertiary/aromatic N) is 2. The fourth-order valence-corrected chi connectivity index (χ4v) is 10.0. The lowest BCUT2D eigenvalue weighted by atomic mass is 9.73. The summed E-state index contributed by atoms with van der Waals surface area (Å²) in [7, 11) is 0. The molecule has 0 saturated carbocycles. The average Bonchev–Trinajstić information content (AvgIpc) is 3.72. The molecule has 0 atom stereocenters. The van der Waals surface area contributed by atoms with Crippen molar-refractivity contribution in [1.82, 2.24) is 0 Å². The Bertz CT molecular complexity index is 3500. The van der Waals surface area contributed by atoms with Gasteiger partial charge >= 0.3 is 0 Å². The topological polar surface area (TPSA) is 19.6 Å². The van der Waals surface area contributed by atoms with Crippen LogP contribution < -0.4 is 9.80 Å². The van der Waals surface area contributed by atoms with E-state index in [-0.39, 0.29) is 5.41 Å². The molecule has 0 unspecified atom stereocenters. The van der Waals surface area contributed by atoms with Crippen molar-refractivity contribution >= 4 is 77.6 Å². The minimum absolute atomic E-state index is 0.336. The summed E-state index contributed by atoms with van der Waals surface area (Å²) in [5.41, 5.74) is 15.3. The molecule has 0 saturated heterocycles. The highest BCUT2D eigenvalue weighted by molar-refractivity contribution is 6.12. The number of anilines is 6. The molecule has 0 amide bonds. The van der Waals surface area contributed by atoms with Crippen molar-refractivity contribution in [3.63, 3.8) is 0 Å². The predicted molar refractivity (Wildman–Crippen MR) is 261 cm³/mol. The Morgan fingerprint density at radius 1 is 0.419 bits per heavy atom. The van der Waals surface area contributed by atoms with Crippen LogP contribution >= 0.6 is 0 Å². The van der Waals surface area contributed by atoms with Crippen molar-refractivity contribution < 1.29 is 4.42 Å². The number of furan rings is 1. The molecule has 1 aliphatic heterocycles. The second-order valence-corrected chi connectivity index (χ2v) is 16.9. The van der Waals surface area contributed by atoms with Gasteiger partial charge in [0.25, 0.3) is 0 Å². The molecule has 0 aliphatic carbocycles. The molecule has 10 aromatic carbocycles. The van der Waals surface area contributed by atoms with Gasteiger partial charge in [0.2, 0.25) is 0 Å². The molecule has 0 N–H and O–H groups in total. The van der Waals surface area contributed by atoms with Crippen LogP contribution in [0.3, 0.4) is 0 Å². The molecule has 0 radical (unpaired) electrons. The van der Waals surface area contributed by atoms with Crippen LogP contribution in [0.4, 0.5) is 34.1 Å². The summed E-state index contributed by atoms with van der Waals surface area (Å²) in [6.07, 6.45) is 0. The third-order valence-corrected chi connectivity index (χ3v) is 13.0. The Morgan fingerprint density at radius 2 is 1.03 bits per heavy atom. The fraction of sp³-hybridized carbons (Fsp3) is 0.0508. The van der Waals surface area contributed by atoms with Crippen molar-refractivity contribution in [2.24, 2.45) is 0 Å². The van der Waals surface area contributed by atoms with Gasteiger partial charge in [-0.3, -0.25) is 0 Å². The van der Waals surface area contributed by atoms with Gasteiger partial charge < -0.3 is 14.2 Å². The van der Waals surface area contributed by atoms with Crippen LogP contribution in [0.2, 0.25) is 0 Å². The summed E-state index contributed by atoms with van der Waals surface area (Å²) in [5, 5.41) is 7.08. The largest absolute Gasteiger partial charge is 0.454 e. The maximum atomic E-state index is 6.75. The molecule has 11 aromatic rings. The van der Waals surface area contributed by atoms with E-state index in [2.05, 4.69) is 236 Å². The van der Waals surface area contributed by atoms with E-state index >= 15 is 0 Å². The third kappa shape index (κ3) is 5.59. The number of rotatable bonds is 6. The van der Waals surface area contributed by atoms with Crippen molar-refractivity contribution in [3.8, 4) is 22.3 Å². The molecule has 2 heterocycles. The smallest absolute Gasteiger partial charge is 0.159 e. The van der Waals surface area contributed by atoms with Crippen LogP contribution in [-0.2, 0) is 5.41 Å². The van der Waals surface area contributed by atoms with Crippen LogP contribution in [0.25, 0.3) is 65.7 Å². The molecular weight excluding hydrogens is 753 g/mol. The highest BCUT2D eigenvalue weighted by atomic mass is 16.3.